The SMILES string of the molecule is C[C@@H](N[C@H]1CCN(c2ccc3c(F)cn(CC(=O)O)c3c2)C1)c1cccc2ccccc12. The van der Waals surface area contributed by atoms with Crippen molar-refractivity contribution in [3.8, 4) is 0 Å². The second kappa shape index (κ2) is 8.28. The molecule has 1 fully saturated rings. The molecule has 2 N–H and O–H groups in total. The van der Waals surface area contributed by atoms with Crippen molar-refractivity contribution in [2.75, 3.05) is 18.0 Å². The summed E-state index contributed by atoms with van der Waals surface area (Å²) in [6, 6.07) is 21.0. The number of nitrogens with one attached hydrogen (secondary N) is 1. The van der Waals surface area contributed by atoms with Gasteiger partial charge in [-0.2, -0.15) is 0 Å². The van der Waals surface area contributed by atoms with Crippen molar-refractivity contribution in [2.24, 2.45) is 0 Å². The topological polar surface area (TPSA) is 57.5 Å². The van der Waals surface area contributed by atoms with Gasteiger partial charge in [-0.25, -0.2) is 4.39 Å². The van der Waals surface area contributed by atoms with E-state index < -0.39 is 11.8 Å². The Hall–Kier alpha value is -3.38. The minimum atomic E-state index is -0.986. The minimum Gasteiger partial charge on any atom is -0.480 e. The summed E-state index contributed by atoms with van der Waals surface area (Å²) in [4.78, 5) is 13.4. The van der Waals surface area contributed by atoms with Crippen LogP contribution < -0.4 is 10.2 Å². The molecule has 0 unspecified atom stereocenters. The molecule has 0 bridgehead atoms. The number of aromatic nitrogens is 1. The molecule has 5 rings (SSSR count). The lowest BCUT2D eigenvalue weighted by Gasteiger charge is -2.23. The largest absolute Gasteiger partial charge is 0.480 e. The molecule has 32 heavy (non-hydrogen) atoms. The Morgan fingerprint density at radius 2 is 1.97 bits per heavy atom. The number of carboxylic acid groups (broad SMARTS) is 1. The van der Waals surface area contributed by atoms with Gasteiger partial charge in [0, 0.05) is 42.4 Å². The Labute approximate surface area is 186 Å². The van der Waals surface area contributed by atoms with Gasteiger partial charge >= 0.3 is 5.97 Å². The molecule has 3 aromatic carbocycles. The first-order valence-electron chi connectivity index (χ1n) is 11.0. The molecule has 0 spiro atoms. The highest BCUT2D eigenvalue weighted by molar-refractivity contribution is 5.86. The van der Waals surface area contributed by atoms with Crippen LogP contribution in [0.15, 0.2) is 66.9 Å². The zero-order chi connectivity index (χ0) is 22.2. The van der Waals surface area contributed by atoms with E-state index in [0.717, 1.165) is 25.2 Å². The summed E-state index contributed by atoms with van der Waals surface area (Å²) in [6.45, 7) is 3.70. The number of benzene rings is 3. The Morgan fingerprint density at radius 3 is 2.81 bits per heavy atom. The molecule has 164 valence electrons. The predicted molar refractivity (Wildman–Crippen MR) is 126 cm³/mol. The summed E-state index contributed by atoms with van der Waals surface area (Å²) in [5.74, 6) is -1.38. The lowest BCUT2D eigenvalue weighted by Crippen LogP contribution is -2.34. The van der Waals surface area contributed by atoms with Crippen LogP contribution >= 0.6 is 0 Å². The normalized spacial score (nSPS) is 17.3. The van der Waals surface area contributed by atoms with Crippen molar-refractivity contribution in [3.63, 3.8) is 0 Å². The average Bonchev–Trinajstić information content (AvgIpc) is 3.37. The molecular weight excluding hydrogens is 405 g/mol. The summed E-state index contributed by atoms with van der Waals surface area (Å²) < 4.78 is 15.7. The van der Waals surface area contributed by atoms with Crippen LogP contribution in [0.5, 0.6) is 0 Å². The number of rotatable bonds is 6. The van der Waals surface area contributed by atoms with Crippen LogP contribution in [0.25, 0.3) is 21.7 Å². The standard InChI is InChI=1S/C26H26FN3O2/c1-17(21-8-4-6-18-5-2-3-7-22(18)21)28-19-11-12-29(14-19)20-9-10-23-24(27)15-30(16-26(31)32)25(23)13-20/h2-10,13,15,17,19,28H,11-12,14,16H2,1H3,(H,31,32)/t17-,19+/m1/s1. The number of halogens is 1. The Bertz CT molecular complexity index is 1290. The summed E-state index contributed by atoms with van der Waals surface area (Å²) in [5, 5.41) is 15.9. The summed E-state index contributed by atoms with van der Waals surface area (Å²) in [7, 11) is 0. The number of hydrogen-bond donors (Lipinski definition) is 2. The monoisotopic (exact) mass is 431 g/mol. The zero-order valence-electron chi connectivity index (χ0n) is 18.0. The highest BCUT2D eigenvalue weighted by atomic mass is 19.1. The molecule has 0 amide bonds. The van der Waals surface area contributed by atoms with Gasteiger partial charge < -0.3 is 19.9 Å². The maximum atomic E-state index is 14.2. The maximum Gasteiger partial charge on any atom is 0.323 e. The smallest absolute Gasteiger partial charge is 0.323 e. The third kappa shape index (κ3) is 3.82. The van der Waals surface area contributed by atoms with Gasteiger partial charge in [-0.05, 0) is 47.9 Å². The van der Waals surface area contributed by atoms with Gasteiger partial charge in [0.1, 0.15) is 12.4 Å². The number of anilines is 1. The van der Waals surface area contributed by atoms with Crippen LogP contribution in [-0.2, 0) is 11.3 Å². The molecule has 0 saturated carbocycles. The van der Waals surface area contributed by atoms with Crippen molar-refractivity contribution < 1.29 is 14.3 Å². The number of carboxylic acids is 1. The number of carbonyl (C=O) groups is 1. The van der Waals surface area contributed by atoms with Crippen LogP contribution in [0, 0.1) is 5.82 Å². The Morgan fingerprint density at radius 1 is 1.16 bits per heavy atom. The van der Waals surface area contributed by atoms with E-state index in [1.54, 1.807) is 6.07 Å². The van der Waals surface area contributed by atoms with Gasteiger partial charge in [0.05, 0.1) is 5.52 Å². The fraction of sp³-hybridized carbons (Fsp3) is 0.269. The molecule has 2 heterocycles. The van der Waals surface area contributed by atoms with E-state index in [1.807, 2.05) is 12.1 Å². The Kier molecular flexibility index (Phi) is 5.31. The van der Waals surface area contributed by atoms with Gasteiger partial charge in [0.15, 0.2) is 0 Å². The third-order valence-electron chi connectivity index (χ3n) is 6.45. The molecular formula is C26H26FN3O2. The average molecular weight is 432 g/mol. The lowest BCUT2D eigenvalue weighted by atomic mass is 9.99. The molecule has 2 atom stereocenters. The van der Waals surface area contributed by atoms with Gasteiger partial charge in [0.2, 0.25) is 0 Å². The summed E-state index contributed by atoms with van der Waals surface area (Å²) in [6.07, 6.45) is 2.28. The van der Waals surface area contributed by atoms with Crippen molar-refractivity contribution in [2.45, 2.75) is 32.0 Å². The van der Waals surface area contributed by atoms with Crippen molar-refractivity contribution in [1.29, 1.82) is 0 Å². The van der Waals surface area contributed by atoms with E-state index in [0.29, 0.717) is 16.9 Å². The number of nitrogens with zero attached hydrogens (tertiary/aromatic N) is 2. The summed E-state index contributed by atoms with van der Waals surface area (Å²) in [5.41, 5.74) is 2.90. The van der Waals surface area contributed by atoms with E-state index in [2.05, 4.69) is 59.6 Å². The van der Waals surface area contributed by atoms with Crippen molar-refractivity contribution >= 4 is 33.3 Å². The number of hydrogen-bond acceptors (Lipinski definition) is 3. The van der Waals surface area contributed by atoms with E-state index in [1.165, 1.54) is 27.1 Å². The highest BCUT2D eigenvalue weighted by Crippen LogP contribution is 2.29. The van der Waals surface area contributed by atoms with Crippen molar-refractivity contribution in [1.82, 2.24) is 9.88 Å². The van der Waals surface area contributed by atoms with Gasteiger partial charge in [-0.3, -0.25) is 4.79 Å². The van der Waals surface area contributed by atoms with E-state index >= 15 is 0 Å². The summed E-state index contributed by atoms with van der Waals surface area (Å²) >= 11 is 0. The molecule has 0 aliphatic carbocycles. The van der Waals surface area contributed by atoms with Crippen LogP contribution in [0.4, 0.5) is 10.1 Å². The van der Waals surface area contributed by atoms with Crippen LogP contribution in [0.2, 0.25) is 0 Å². The maximum absolute atomic E-state index is 14.2. The van der Waals surface area contributed by atoms with E-state index in [4.69, 9.17) is 5.11 Å². The van der Waals surface area contributed by atoms with Crippen molar-refractivity contribution in [3.05, 3.63) is 78.2 Å². The third-order valence-corrected chi connectivity index (χ3v) is 6.45. The van der Waals surface area contributed by atoms with Gasteiger partial charge in [-0.1, -0.05) is 42.5 Å². The first-order valence-corrected chi connectivity index (χ1v) is 11.0. The molecule has 5 nitrogen and oxygen atoms in total. The van der Waals surface area contributed by atoms with Gasteiger partial charge in [0.25, 0.3) is 0 Å². The molecule has 6 heteroatoms. The minimum absolute atomic E-state index is 0.218. The molecule has 1 aromatic heterocycles. The Balaban J connectivity index is 1.33. The lowest BCUT2D eigenvalue weighted by molar-refractivity contribution is -0.137. The fourth-order valence-electron chi connectivity index (χ4n) is 4.91. The first kappa shape index (κ1) is 20.5. The van der Waals surface area contributed by atoms with E-state index in [-0.39, 0.29) is 12.6 Å². The first-order chi connectivity index (χ1) is 15.5. The van der Waals surface area contributed by atoms with Crippen LogP contribution in [-0.4, -0.2) is 34.8 Å². The van der Waals surface area contributed by atoms with E-state index in [9.17, 15) is 9.18 Å². The highest BCUT2D eigenvalue weighted by Gasteiger charge is 2.25. The quantitative estimate of drug-likeness (QED) is 0.454. The molecule has 1 aliphatic rings. The number of aliphatic carboxylic acids is 1. The van der Waals surface area contributed by atoms with Crippen LogP contribution in [0.3, 0.4) is 0 Å². The second-order valence-electron chi connectivity index (χ2n) is 8.59. The second-order valence-corrected chi connectivity index (χ2v) is 8.59. The molecule has 1 aliphatic heterocycles. The fourth-order valence-corrected chi connectivity index (χ4v) is 4.91. The molecule has 4 aromatic rings. The molecule has 0 radical (unpaired) electrons. The zero-order valence-corrected chi connectivity index (χ0v) is 18.0. The molecule has 1 saturated heterocycles. The predicted octanol–water partition coefficient (Wildman–Crippen LogP) is 4.95. The van der Waals surface area contributed by atoms with Gasteiger partial charge in [-0.15, -0.1) is 0 Å². The van der Waals surface area contributed by atoms with Crippen LogP contribution in [0.1, 0.15) is 24.9 Å². The number of fused-ring (bicyclic) bond motifs is 2.